The number of ether oxygens (including phenoxy) is 1. The fourth-order valence-corrected chi connectivity index (χ4v) is 4.77. The summed E-state index contributed by atoms with van der Waals surface area (Å²) in [7, 11) is -3.04. The fraction of sp³-hybridized carbons (Fsp3) is 0.308. The number of hydrogen-bond acceptors (Lipinski definition) is 5. The third-order valence-electron chi connectivity index (χ3n) is 6.03. The van der Waals surface area contributed by atoms with Gasteiger partial charge >= 0.3 is 0 Å². The fourth-order valence-electron chi connectivity index (χ4n) is 4.28. The highest BCUT2D eigenvalue weighted by Crippen LogP contribution is 2.34. The smallest absolute Gasteiger partial charge is 0.148 e. The predicted molar refractivity (Wildman–Crippen MR) is 128 cm³/mol. The maximum Gasteiger partial charge on any atom is 0.148 e. The first-order chi connectivity index (χ1) is 15.3. The Labute approximate surface area is 190 Å². The zero-order valence-corrected chi connectivity index (χ0v) is 19.2. The number of benzene rings is 3. The summed E-state index contributed by atoms with van der Waals surface area (Å²) in [5, 5.41) is 13.6. The van der Waals surface area contributed by atoms with Crippen LogP contribution in [0.15, 0.2) is 66.7 Å². The van der Waals surface area contributed by atoms with Crippen molar-refractivity contribution in [2.24, 2.45) is 0 Å². The van der Waals surface area contributed by atoms with Crippen molar-refractivity contribution < 1.29 is 18.3 Å². The molecule has 0 radical (unpaired) electrons. The van der Waals surface area contributed by atoms with E-state index in [1.165, 1.54) is 22.9 Å². The summed E-state index contributed by atoms with van der Waals surface area (Å²) in [6.07, 6.45) is 1.16. The lowest BCUT2D eigenvalue weighted by molar-refractivity contribution is 0.142. The van der Waals surface area contributed by atoms with Crippen molar-refractivity contribution in [1.82, 2.24) is 5.32 Å². The molecule has 2 atom stereocenters. The van der Waals surface area contributed by atoms with Gasteiger partial charge in [-0.1, -0.05) is 54.6 Å². The minimum Gasteiger partial charge on any atom is -0.489 e. The van der Waals surface area contributed by atoms with Crippen molar-refractivity contribution in [2.45, 2.75) is 32.1 Å². The Balaban J connectivity index is 1.44. The quantitative estimate of drug-likeness (QED) is 0.544. The van der Waals surface area contributed by atoms with Gasteiger partial charge in [0.2, 0.25) is 0 Å². The standard InChI is InChI=1S/C26H29NO4S/c1-18-20(9-6-10-23(18)19-7-4-3-5-8-19)17-31-22-11-12-24-21(15-22)16-25(28)26(24)27-13-14-32(2,29)30/h3-12,15,25-28H,13-14,16-17H2,1-2H3/t25-,26-/m1/s1. The normalized spacial score (nSPS) is 17.8. The summed E-state index contributed by atoms with van der Waals surface area (Å²) in [6.45, 7) is 2.89. The molecule has 0 fully saturated rings. The van der Waals surface area contributed by atoms with Crippen molar-refractivity contribution >= 4 is 9.84 Å². The topological polar surface area (TPSA) is 75.6 Å². The lowest BCUT2D eigenvalue weighted by Gasteiger charge is -2.18. The van der Waals surface area contributed by atoms with Gasteiger partial charge < -0.3 is 15.2 Å². The van der Waals surface area contributed by atoms with Crippen LogP contribution < -0.4 is 10.1 Å². The molecule has 0 aliphatic heterocycles. The molecule has 1 aliphatic rings. The Morgan fingerprint density at radius 1 is 1.06 bits per heavy atom. The van der Waals surface area contributed by atoms with Crippen LogP contribution in [0, 0.1) is 6.92 Å². The summed E-state index contributed by atoms with van der Waals surface area (Å²) in [5.41, 5.74) is 6.75. The van der Waals surface area contributed by atoms with E-state index in [4.69, 9.17) is 4.74 Å². The molecular formula is C26H29NO4S. The SMILES string of the molecule is Cc1c(COc2ccc3c(c2)C[C@@H](O)[C@@H]3NCCS(C)(=O)=O)cccc1-c1ccccc1. The van der Waals surface area contributed by atoms with Gasteiger partial charge in [-0.05, 0) is 52.4 Å². The number of aliphatic hydroxyl groups is 1. The van der Waals surface area contributed by atoms with E-state index in [2.05, 4.69) is 42.6 Å². The Morgan fingerprint density at radius 2 is 1.84 bits per heavy atom. The second-order valence-electron chi connectivity index (χ2n) is 8.44. The maximum absolute atomic E-state index is 11.4. The summed E-state index contributed by atoms with van der Waals surface area (Å²) in [6, 6.07) is 22.2. The molecule has 0 spiro atoms. The Hall–Kier alpha value is -2.67. The maximum atomic E-state index is 11.4. The molecule has 4 rings (SSSR count). The van der Waals surface area contributed by atoms with Crippen molar-refractivity contribution in [3.8, 4) is 16.9 Å². The van der Waals surface area contributed by atoms with Gasteiger partial charge in [0.15, 0.2) is 0 Å². The van der Waals surface area contributed by atoms with Crippen molar-refractivity contribution in [2.75, 3.05) is 18.6 Å². The number of aliphatic hydroxyl groups excluding tert-OH is 1. The zero-order chi connectivity index (χ0) is 22.7. The van der Waals surface area contributed by atoms with E-state index < -0.39 is 15.9 Å². The van der Waals surface area contributed by atoms with E-state index in [0.717, 1.165) is 22.4 Å². The average Bonchev–Trinajstić information content (AvgIpc) is 3.07. The molecule has 168 valence electrons. The van der Waals surface area contributed by atoms with Crippen molar-refractivity contribution in [1.29, 1.82) is 0 Å². The van der Waals surface area contributed by atoms with Gasteiger partial charge in [0.05, 0.1) is 17.9 Å². The van der Waals surface area contributed by atoms with Gasteiger partial charge in [0.25, 0.3) is 0 Å². The van der Waals surface area contributed by atoms with E-state index in [9.17, 15) is 13.5 Å². The summed E-state index contributed by atoms with van der Waals surface area (Å²) in [4.78, 5) is 0. The average molecular weight is 452 g/mol. The van der Waals surface area contributed by atoms with Gasteiger partial charge in [-0.15, -0.1) is 0 Å². The highest BCUT2D eigenvalue weighted by Gasteiger charge is 2.31. The highest BCUT2D eigenvalue weighted by molar-refractivity contribution is 7.90. The molecule has 0 saturated carbocycles. The molecule has 0 aromatic heterocycles. The van der Waals surface area contributed by atoms with E-state index in [0.29, 0.717) is 19.6 Å². The first kappa shape index (κ1) is 22.5. The lowest BCUT2D eigenvalue weighted by Crippen LogP contribution is -2.32. The molecule has 2 N–H and O–H groups in total. The molecule has 3 aromatic carbocycles. The van der Waals surface area contributed by atoms with Crippen LogP contribution in [0.25, 0.3) is 11.1 Å². The number of nitrogens with one attached hydrogen (secondary N) is 1. The zero-order valence-electron chi connectivity index (χ0n) is 18.4. The van der Waals surface area contributed by atoms with Crippen molar-refractivity contribution in [3.05, 3.63) is 89.0 Å². The van der Waals surface area contributed by atoms with Crippen LogP contribution in [0.5, 0.6) is 5.75 Å². The minimum absolute atomic E-state index is 0.0497. The number of hydrogen-bond donors (Lipinski definition) is 2. The molecule has 0 amide bonds. The molecular weight excluding hydrogens is 422 g/mol. The molecule has 6 heteroatoms. The predicted octanol–water partition coefficient (Wildman–Crippen LogP) is 3.83. The van der Waals surface area contributed by atoms with Crippen LogP contribution >= 0.6 is 0 Å². The van der Waals surface area contributed by atoms with Crippen LogP contribution in [0.2, 0.25) is 0 Å². The summed E-state index contributed by atoms with van der Waals surface area (Å²) >= 11 is 0. The van der Waals surface area contributed by atoms with Crippen LogP contribution in [0.4, 0.5) is 0 Å². The van der Waals surface area contributed by atoms with E-state index in [1.807, 2.05) is 36.4 Å². The largest absolute Gasteiger partial charge is 0.489 e. The second kappa shape index (κ2) is 9.45. The highest BCUT2D eigenvalue weighted by atomic mass is 32.2. The van der Waals surface area contributed by atoms with Gasteiger partial charge in [0, 0.05) is 19.2 Å². The molecule has 0 unspecified atom stereocenters. The number of rotatable bonds is 8. The number of fused-ring (bicyclic) bond motifs is 1. The molecule has 1 aliphatic carbocycles. The third kappa shape index (κ3) is 5.21. The molecule has 0 saturated heterocycles. The first-order valence-electron chi connectivity index (χ1n) is 10.8. The molecule has 0 bridgehead atoms. The minimum atomic E-state index is -3.04. The van der Waals surface area contributed by atoms with E-state index in [1.54, 1.807) is 0 Å². The summed E-state index contributed by atoms with van der Waals surface area (Å²) < 4.78 is 28.8. The van der Waals surface area contributed by atoms with Gasteiger partial charge in [-0.25, -0.2) is 8.42 Å². The van der Waals surface area contributed by atoms with E-state index in [-0.39, 0.29) is 11.8 Å². The van der Waals surface area contributed by atoms with Crippen LogP contribution in [0.1, 0.15) is 28.3 Å². The van der Waals surface area contributed by atoms with Crippen LogP contribution in [-0.2, 0) is 22.9 Å². The summed E-state index contributed by atoms with van der Waals surface area (Å²) in [5.74, 6) is 0.811. The monoisotopic (exact) mass is 451 g/mol. The molecule has 5 nitrogen and oxygen atoms in total. The first-order valence-corrected chi connectivity index (χ1v) is 12.9. The third-order valence-corrected chi connectivity index (χ3v) is 6.97. The second-order valence-corrected chi connectivity index (χ2v) is 10.7. The Morgan fingerprint density at radius 3 is 2.59 bits per heavy atom. The molecule has 3 aromatic rings. The van der Waals surface area contributed by atoms with Gasteiger partial charge in [-0.2, -0.15) is 0 Å². The Kier molecular flexibility index (Phi) is 6.65. The molecule has 32 heavy (non-hydrogen) atoms. The van der Waals surface area contributed by atoms with E-state index >= 15 is 0 Å². The van der Waals surface area contributed by atoms with Crippen LogP contribution in [-0.4, -0.2) is 38.2 Å². The lowest BCUT2D eigenvalue weighted by atomic mass is 9.97. The van der Waals surface area contributed by atoms with Crippen molar-refractivity contribution in [3.63, 3.8) is 0 Å². The van der Waals surface area contributed by atoms with Gasteiger partial charge in [0.1, 0.15) is 22.2 Å². The van der Waals surface area contributed by atoms with Gasteiger partial charge in [-0.3, -0.25) is 0 Å². The molecule has 0 heterocycles. The van der Waals surface area contributed by atoms with Crippen LogP contribution in [0.3, 0.4) is 0 Å². The Bertz CT molecular complexity index is 1190. The number of sulfone groups is 1.